The first kappa shape index (κ1) is 12.3. The van der Waals surface area contributed by atoms with Crippen LogP contribution >= 0.6 is 0 Å². The molecule has 0 saturated carbocycles. The van der Waals surface area contributed by atoms with Crippen LogP contribution in [0.1, 0.15) is 12.8 Å². The highest BCUT2D eigenvalue weighted by atomic mass is 16.5. The van der Waals surface area contributed by atoms with Gasteiger partial charge in [-0.3, -0.25) is 4.79 Å². The standard InChI is InChI=1S/C8H18N2O3/c9-3-1-5-13-6-2-4-10-8(12)7-11/h11H,1-7,9H2,(H,10,12). The van der Waals surface area contributed by atoms with Crippen molar-refractivity contribution in [1.29, 1.82) is 0 Å². The number of rotatable bonds is 8. The maximum atomic E-state index is 10.5. The minimum absolute atomic E-state index is 0.345. The second-order valence-electron chi connectivity index (χ2n) is 2.62. The lowest BCUT2D eigenvalue weighted by Crippen LogP contribution is -2.27. The van der Waals surface area contributed by atoms with Crippen LogP contribution in [0.25, 0.3) is 0 Å². The molecule has 0 aromatic heterocycles. The topological polar surface area (TPSA) is 84.6 Å². The maximum absolute atomic E-state index is 10.5. The Hall–Kier alpha value is -0.650. The summed E-state index contributed by atoms with van der Waals surface area (Å²) in [6, 6.07) is 0. The highest BCUT2D eigenvalue weighted by Crippen LogP contribution is 1.83. The van der Waals surface area contributed by atoms with E-state index in [1.807, 2.05) is 0 Å². The molecular formula is C8H18N2O3. The fourth-order valence-electron chi connectivity index (χ4n) is 0.745. The average molecular weight is 190 g/mol. The number of ether oxygens (including phenoxy) is 1. The fraction of sp³-hybridized carbons (Fsp3) is 0.875. The molecule has 0 atom stereocenters. The third kappa shape index (κ3) is 9.26. The van der Waals surface area contributed by atoms with E-state index < -0.39 is 6.61 Å². The first-order valence-electron chi connectivity index (χ1n) is 4.46. The summed E-state index contributed by atoms with van der Waals surface area (Å²) in [5.74, 6) is -0.345. The van der Waals surface area contributed by atoms with Gasteiger partial charge in [0.05, 0.1) is 0 Å². The zero-order valence-electron chi connectivity index (χ0n) is 7.79. The van der Waals surface area contributed by atoms with Crippen LogP contribution in [0.3, 0.4) is 0 Å². The Morgan fingerprint density at radius 1 is 1.38 bits per heavy atom. The van der Waals surface area contributed by atoms with E-state index in [9.17, 15) is 4.79 Å². The summed E-state index contributed by atoms with van der Waals surface area (Å²) in [4.78, 5) is 10.5. The van der Waals surface area contributed by atoms with Gasteiger partial charge in [0.25, 0.3) is 0 Å². The van der Waals surface area contributed by atoms with Crippen LogP contribution in [0.5, 0.6) is 0 Å². The van der Waals surface area contributed by atoms with Crippen molar-refractivity contribution in [2.24, 2.45) is 5.73 Å². The third-order valence-electron chi connectivity index (χ3n) is 1.42. The van der Waals surface area contributed by atoms with Crippen LogP contribution in [0.15, 0.2) is 0 Å². The van der Waals surface area contributed by atoms with Gasteiger partial charge in [-0.05, 0) is 19.4 Å². The van der Waals surface area contributed by atoms with Crippen LogP contribution in [0, 0.1) is 0 Å². The number of nitrogens with two attached hydrogens (primary N) is 1. The van der Waals surface area contributed by atoms with E-state index in [1.165, 1.54) is 0 Å². The number of hydrogen-bond acceptors (Lipinski definition) is 4. The number of amides is 1. The van der Waals surface area contributed by atoms with Gasteiger partial charge >= 0.3 is 0 Å². The Kier molecular flexibility index (Phi) is 8.97. The van der Waals surface area contributed by atoms with Crippen molar-refractivity contribution in [2.75, 3.05) is 32.9 Å². The van der Waals surface area contributed by atoms with E-state index in [-0.39, 0.29) is 5.91 Å². The van der Waals surface area contributed by atoms with Gasteiger partial charge in [-0.1, -0.05) is 0 Å². The summed E-state index contributed by atoms with van der Waals surface area (Å²) < 4.78 is 5.20. The Balaban J connectivity index is 2.95. The second kappa shape index (κ2) is 9.44. The van der Waals surface area contributed by atoms with Gasteiger partial charge in [0.2, 0.25) is 5.91 Å². The first-order valence-corrected chi connectivity index (χ1v) is 4.46. The maximum Gasteiger partial charge on any atom is 0.245 e. The normalized spacial score (nSPS) is 10.0. The monoisotopic (exact) mass is 190 g/mol. The largest absolute Gasteiger partial charge is 0.387 e. The molecule has 0 aliphatic rings. The molecule has 0 heterocycles. The molecule has 4 N–H and O–H groups in total. The zero-order valence-corrected chi connectivity index (χ0v) is 7.79. The van der Waals surface area contributed by atoms with E-state index in [1.54, 1.807) is 0 Å². The van der Waals surface area contributed by atoms with Crippen molar-refractivity contribution in [3.63, 3.8) is 0 Å². The van der Waals surface area contributed by atoms with Gasteiger partial charge in [-0.25, -0.2) is 0 Å². The van der Waals surface area contributed by atoms with Gasteiger partial charge in [-0.2, -0.15) is 0 Å². The fourth-order valence-corrected chi connectivity index (χ4v) is 0.745. The molecule has 0 spiro atoms. The summed E-state index contributed by atoms with van der Waals surface area (Å²) in [7, 11) is 0. The first-order chi connectivity index (χ1) is 6.31. The second-order valence-corrected chi connectivity index (χ2v) is 2.62. The molecule has 0 aliphatic heterocycles. The lowest BCUT2D eigenvalue weighted by molar-refractivity contribution is -0.123. The summed E-state index contributed by atoms with van der Waals surface area (Å²) in [5.41, 5.74) is 5.26. The molecule has 13 heavy (non-hydrogen) atoms. The quantitative estimate of drug-likeness (QED) is 0.422. The summed E-state index contributed by atoms with van der Waals surface area (Å²) >= 11 is 0. The van der Waals surface area contributed by atoms with Crippen molar-refractivity contribution in [2.45, 2.75) is 12.8 Å². The van der Waals surface area contributed by atoms with Crippen LogP contribution in [-0.2, 0) is 9.53 Å². The highest BCUT2D eigenvalue weighted by molar-refractivity contribution is 5.76. The molecule has 5 heteroatoms. The Labute approximate surface area is 78.3 Å². The number of nitrogens with one attached hydrogen (secondary N) is 1. The van der Waals surface area contributed by atoms with E-state index >= 15 is 0 Å². The smallest absolute Gasteiger partial charge is 0.245 e. The number of hydrogen-bond donors (Lipinski definition) is 3. The molecule has 0 aliphatic carbocycles. The van der Waals surface area contributed by atoms with Gasteiger partial charge in [-0.15, -0.1) is 0 Å². The number of carbonyl (C=O) groups excluding carboxylic acids is 1. The molecule has 0 aromatic rings. The van der Waals surface area contributed by atoms with Crippen molar-refractivity contribution >= 4 is 5.91 Å². The molecule has 0 saturated heterocycles. The van der Waals surface area contributed by atoms with Crippen molar-refractivity contribution < 1.29 is 14.6 Å². The molecule has 78 valence electrons. The molecule has 1 amide bonds. The van der Waals surface area contributed by atoms with Gasteiger partial charge in [0.15, 0.2) is 0 Å². The highest BCUT2D eigenvalue weighted by Gasteiger charge is 1.95. The van der Waals surface area contributed by atoms with Gasteiger partial charge in [0.1, 0.15) is 6.61 Å². The molecule has 0 unspecified atom stereocenters. The Morgan fingerprint density at radius 2 is 2.08 bits per heavy atom. The molecule has 0 bridgehead atoms. The average Bonchev–Trinajstić information content (AvgIpc) is 2.16. The van der Waals surface area contributed by atoms with Crippen LogP contribution < -0.4 is 11.1 Å². The number of carbonyl (C=O) groups is 1. The van der Waals surface area contributed by atoms with E-state index in [2.05, 4.69) is 5.32 Å². The Bertz CT molecular complexity index is 131. The summed E-state index contributed by atoms with van der Waals surface area (Å²) in [6.45, 7) is 2.02. The predicted molar refractivity (Wildman–Crippen MR) is 49.2 cm³/mol. The summed E-state index contributed by atoms with van der Waals surface area (Å²) in [6.07, 6.45) is 1.62. The molecule has 0 aromatic carbocycles. The lowest BCUT2D eigenvalue weighted by atomic mass is 10.4. The molecule has 5 nitrogen and oxygen atoms in total. The predicted octanol–water partition coefficient (Wildman–Crippen LogP) is -1.15. The lowest BCUT2D eigenvalue weighted by Gasteiger charge is -2.04. The van der Waals surface area contributed by atoms with E-state index in [0.717, 1.165) is 12.8 Å². The minimum Gasteiger partial charge on any atom is -0.387 e. The van der Waals surface area contributed by atoms with E-state index in [4.69, 9.17) is 15.6 Å². The van der Waals surface area contributed by atoms with Crippen molar-refractivity contribution in [3.8, 4) is 0 Å². The van der Waals surface area contributed by atoms with Crippen LogP contribution in [-0.4, -0.2) is 43.9 Å². The SMILES string of the molecule is NCCCOCCCNC(=O)CO. The van der Waals surface area contributed by atoms with Gasteiger partial charge < -0.3 is 20.9 Å². The van der Waals surface area contributed by atoms with Crippen LogP contribution in [0.4, 0.5) is 0 Å². The number of aliphatic hydroxyl groups excluding tert-OH is 1. The van der Waals surface area contributed by atoms with Crippen molar-refractivity contribution in [1.82, 2.24) is 5.32 Å². The Morgan fingerprint density at radius 3 is 2.69 bits per heavy atom. The molecule has 0 fully saturated rings. The van der Waals surface area contributed by atoms with Crippen LogP contribution in [0.2, 0.25) is 0 Å². The molecule has 0 radical (unpaired) electrons. The van der Waals surface area contributed by atoms with Gasteiger partial charge in [0, 0.05) is 19.8 Å². The van der Waals surface area contributed by atoms with Crippen molar-refractivity contribution in [3.05, 3.63) is 0 Å². The third-order valence-corrected chi connectivity index (χ3v) is 1.42. The molecule has 0 rings (SSSR count). The number of aliphatic hydroxyl groups is 1. The molecular weight excluding hydrogens is 172 g/mol. The minimum atomic E-state index is -0.450. The summed E-state index contributed by atoms with van der Waals surface area (Å²) in [5, 5.41) is 10.9. The van der Waals surface area contributed by atoms with E-state index in [0.29, 0.717) is 26.3 Å². The zero-order chi connectivity index (χ0) is 9.94.